The van der Waals surface area contributed by atoms with E-state index in [2.05, 4.69) is 14.7 Å². The van der Waals surface area contributed by atoms with Crippen LogP contribution in [-0.2, 0) is 6.18 Å². The van der Waals surface area contributed by atoms with Crippen molar-refractivity contribution in [2.75, 3.05) is 32.1 Å². The van der Waals surface area contributed by atoms with Gasteiger partial charge in [0.05, 0.1) is 6.54 Å². The lowest BCUT2D eigenvalue weighted by Gasteiger charge is -2.18. The van der Waals surface area contributed by atoms with Crippen LogP contribution >= 0.6 is 0 Å². The van der Waals surface area contributed by atoms with Crippen molar-refractivity contribution in [1.82, 2.24) is 15.0 Å². The zero-order valence-corrected chi connectivity index (χ0v) is 17.5. The molecule has 1 saturated heterocycles. The fourth-order valence-electron chi connectivity index (χ4n) is 3.42. The zero-order valence-electron chi connectivity index (χ0n) is 17.5. The molecule has 168 valence electrons. The molecule has 3 aromatic rings. The molecular formula is C22H21F3N4O3. The molecule has 0 N–H and O–H groups in total. The Hall–Kier alpha value is -3.56. The highest BCUT2D eigenvalue weighted by Crippen LogP contribution is 2.30. The topological polar surface area (TPSA) is 71.7 Å². The molecule has 1 aromatic heterocycles. The second-order valence-electron chi connectivity index (χ2n) is 7.67. The van der Waals surface area contributed by atoms with Crippen molar-refractivity contribution < 1.29 is 27.2 Å². The van der Waals surface area contributed by atoms with Crippen LogP contribution in [0.4, 0.5) is 18.9 Å². The number of rotatable bonds is 5. The van der Waals surface area contributed by atoms with E-state index in [1.165, 1.54) is 0 Å². The Balaban J connectivity index is 1.35. The van der Waals surface area contributed by atoms with Crippen LogP contribution in [0.15, 0.2) is 53.1 Å². The van der Waals surface area contributed by atoms with Crippen LogP contribution in [-0.4, -0.2) is 54.2 Å². The molecule has 0 unspecified atom stereocenters. The van der Waals surface area contributed by atoms with Crippen molar-refractivity contribution in [3.8, 4) is 17.1 Å². The second kappa shape index (κ2) is 8.52. The lowest BCUT2D eigenvalue weighted by Crippen LogP contribution is -2.30. The molecule has 10 heteroatoms. The van der Waals surface area contributed by atoms with E-state index in [4.69, 9.17) is 4.74 Å². The van der Waals surface area contributed by atoms with Crippen LogP contribution in [0.2, 0.25) is 0 Å². The van der Waals surface area contributed by atoms with E-state index >= 15 is 0 Å². The average Bonchev–Trinajstić information content (AvgIpc) is 3.44. The van der Waals surface area contributed by atoms with Gasteiger partial charge in [-0.2, -0.15) is 18.2 Å². The van der Waals surface area contributed by atoms with Gasteiger partial charge in [0, 0.05) is 43.9 Å². The molecule has 1 fully saturated rings. The van der Waals surface area contributed by atoms with Crippen molar-refractivity contribution in [1.29, 1.82) is 0 Å². The van der Waals surface area contributed by atoms with Crippen molar-refractivity contribution in [3.63, 3.8) is 0 Å². The summed E-state index contributed by atoms with van der Waals surface area (Å²) in [5.41, 5.74) is 2.02. The van der Waals surface area contributed by atoms with Crippen molar-refractivity contribution in [2.45, 2.75) is 18.7 Å². The fraction of sp³-hybridized carbons (Fsp3) is 0.318. The molecule has 1 amide bonds. The first-order valence-electron chi connectivity index (χ1n) is 9.95. The minimum absolute atomic E-state index is 0.0469. The van der Waals surface area contributed by atoms with Crippen LogP contribution in [0.1, 0.15) is 22.7 Å². The predicted molar refractivity (Wildman–Crippen MR) is 110 cm³/mol. The molecule has 2 aromatic carbocycles. The first kappa shape index (κ1) is 21.7. The molecule has 32 heavy (non-hydrogen) atoms. The Morgan fingerprint density at radius 2 is 1.81 bits per heavy atom. The smallest absolute Gasteiger partial charge is 0.471 e. The van der Waals surface area contributed by atoms with Crippen molar-refractivity contribution >= 4 is 11.6 Å². The van der Waals surface area contributed by atoms with Gasteiger partial charge in [0.25, 0.3) is 5.91 Å². The third kappa shape index (κ3) is 4.68. The molecule has 0 bridgehead atoms. The van der Waals surface area contributed by atoms with Crippen molar-refractivity contribution in [2.24, 2.45) is 0 Å². The number of halogens is 3. The summed E-state index contributed by atoms with van der Waals surface area (Å²) >= 11 is 0. The Labute approximate surface area is 182 Å². The number of hydrogen-bond acceptors (Lipinski definition) is 6. The molecule has 0 aliphatic carbocycles. The Morgan fingerprint density at radius 3 is 2.41 bits per heavy atom. The van der Waals surface area contributed by atoms with Gasteiger partial charge in [-0.3, -0.25) is 4.79 Å². The second-order valence-corrected chi connectivity index (χ2v) is 7.67. The Kier molecular flexibility index (Phi) is 5.77. The summed E-state index contributed by atoms with van der Waals surface area (Å²) in [4.78, 5) is 19.8. The summed E-state index contributed by atoms with van der Waals surface area (Å²) in [7, 11) is 3.88. The normalized spacial score (nSPS) is 16.3. The number of nitrogens with zero attached hydrogens (tertiary/aromatic N) is 4. The summed E-state index contributed by atoms with van der Waals surface area (Å²) in [6.07, 6.45) is -4.18. The van der Waals surface area contributed by atoms with Crippen LogP contribution in [0.25, 0.3) is 11.4 Å². The molecule has 1 atom stereocenters. The van der Waals surface area contributed by atoms with Gasteiger partial charge < -0.3 is 19.1 Å². The number of amides is 1. The van der Waals surface area contributed by atoms with Crippen LogP contribution < -0.4 is 9.64 Å². The first-order valence-corrected chi connectivity index (χ1v) is 9.95. The SMILES string of the molecule is CN(C)c1ccc(C(=O)N2CC[C@H](Oc3ccc(-c4noc(C(F)(F)F)n4)cc3)C2)cc1. The minimum atomic E-state index is -4.69. The average molecular weight is 446 g/mol. The number of likely N-dealkylation sites (tertiary alicyclic amines) is 1. The van der Waals surface area contributed by atoms with E-state index < -0.39 is 12.1 Å². The molecule has 7 nitrogen and oxygen atoms in total. The zero-order chi connectivity index (χ0) is 22.9. The third-order valence-corrected chi connectivity index (χ3v) is 5.15. The number of carbonyl (C=O) groups is 1. The van der Waals surface area contributed by atoms with Gasteiger partial charge in [-0.1, -0.05) is 5.16 Å². The molecule has 0 radical (unpaired) electrons. The maximum Gasteiger partial charge on any atom is 0.471 e. The summed E-state index contributed by atoms with van der Waals surface area (Å²) < 4.78 is 48.0. The van der Waals surface area contributed by atoms with E-state index in [-0.39, 0.29) is 17.8 Å². The fourth-order valence-corrected chi connectivity index (χ4v) is 3.42. The number of hydrogen-bond donors (Lipinski definition) is 0. The highest BCUT2D eigenvalue weighted by atomic mass is 19.4. The summed E-state index contributed by atoms with van der Waals surface area (Å²) in [6, 6.07) is 13.8. The van der Waals surface area contributed by atoms with Crippen LogP contribution in [0, 0.1) is 0 Å². The summed E-state index contributed by atoms with van der Waals surface area (Å²) in [5, 5.41) is 3.37. The maximum atomic E-state index is 12.8. The monoisotopic (exact) mass is 446 g/mol. The Bertz CT molecular complexity index is 1080. The summed E-state index contributed by atoms with van der Waals surface area (Å²) in [5.74, 6) is -1.04. The minimum Gasteiger partial charge on any atom is -0.489 e. The number of carbonyl (C=O) groups excluding carboxylic acids is 1. The van der Waals surface area contributed by atoms with Crippen LogP contribution in [0.5, 0.6) is 5.75 Å². The number of benzene rings is 2. The van der Waals surface area contributed by atoms with Gasteiger partial charge in [-0.25, -0.2) is 0 Å². The quantitative estimate of drug-likeness (QED) is 0.587. The largest absolute Gasteiger partial charge is 0.489 e. The third-order valence-electron chi connectivity index (χ3n) is 5.15. The van der Waals surface area contributed by atoms with Crippen LogP contribution in [0.3, 0.4) is 0 Å². The number of alkyl halides is 3. The molecule has 1 aliphatic rings. The lowest BCUT2D eigenvalue weighted by molar-refractivity contribution is -0.159. The molecule has 1 aliphatic heterocycles. The number of ether oxygens (including phenoxy) is 1. The van der Waals surface area contributed by atoms with E-state index in [1.807, 2.05) is 43.3 Å². The standard InChI is InChI=1S/C22H21F3N4O3/c1-28(2)16-7-3-15(4-8-16)20(30)29-12-11-18(13-29)31-17-9-5-14(6-10-17)19-26-21(32-27-19)22(23,24)25/h3-10,18H,11-13H2,1-2H3/t18-/m0/s1. The Morgan fingerprint density at radius 1 is 1.12 bits per heavy atom. The predicted octanol–water partition coefficient (Wildman–Crippen LogP) is 4.11. The highest BCUT2D eigenvalue weighted by molar-refractivity contribution is 5.94. The molecule has 2 heterocycles. The van der Waals surface area contributed by atoms with Gasteiger partial charge in [-0.05, 0) is 48.5 Å². The van der Waals surface area contributed by atoms with E-state index in [9.17, 15) is 18.0 Å². The molecule has 0 saturated carbocycles. The molecule has 4 rings (SSSR count). The van der Waals surface area contributed by atoms with Gasteiger partial charge in [0.15, 0.2) is 0 Å². The molecular weight excluding hydrogens is 425 g/mol. The maximum absolute atomic E-state index is 12.8. The van der Waals surface area contributed by atoms with Gasteiger partial charge in [0.1, 0.15) is 11.9 Å². The number of aromatic nitrogens is 2. The van der Waals surface area contributed by atoms with E-state index in [1.54, 1.807) is 29.2 Å². The van der Waals surface area contributed by atoms with Crippen molar-refractivity contribution in [3.05, 3.63) is 60.0 Å². The van der Waals surface area contributed by atoms with E-state index in [0.717, 1.165) is 5.69 Å². The van der Waals surface area contributed by atoms with Gasteiger partial charge >= 0.3 is 12.1 Å². The molecule has 0 spiro atoms. The van der Waals surface area contributed by atoms with Gasteiger partial charge in [-0.15, -0.1) is 0 Å². The highest BCUT2D eigenvalue weighted by Gasteiger charge is 2.38. The first-order chi connectivity index (χ1) is 15.2. The van der Waals surface area contributed by atoms with E-state index in [0.29, 0.717) is 36.4 Å². The lowest BCUT2D eigenvalue weighted by atomic mass is 10.2. The van der Waals surface area contributed by atoms with Gasteiger partial charge in [0.2, 0.25) is 5.82 Å². The number of anilines is 1. The summed E-state index contributed by atoms with van der Waals surface area (Å²) in [6.45, 7) is 1.04.